The highest BCUT2D eigenvalue weighted by Crippen LogP contribution is 2.32. The number of hydrogen-bond donors (Lipinski definition) is 1. The molecule has 0 aliphatic rings. The van der Waals surface area contributed by atoms with Crippen LogP contribution in [-0.4, -0.2) is 15.6 Å². The second kappa shape index (κ2) is 4.69. The fourth-order valence-corrected chi connectivity index (χ4v) is 2.93. The van der Waals surface area contributed by atoms with Crippen molar-refractivity contribution >= 4 is 16.9 Å². The van der Waals surface area contributed by atoms with Crippen molar-refractivity contribution in [3.05, 3.63) is 45.0 Å². The molecule has 5 heteroatoms. The number of rotatable bonds is 1. The highest BCUT2D eigenvalue weighted by molar-refractivity contribution is 5.93. The summed E-state index contributed by atoms with van der Waals surface area (Å²) < 4.78 is 16.0. The number of carboxylic acids is 1. The Labute approximate surface area is 121 Å². The van der Waals surface area contributed by atoms with Crippen molar-refractivity contribution < 1.29 is 14.3 Å². The topological polar surface area (TPSA) is 59.3 Å². The third-order valence-electron chi connectivity index (χ3n) is 3.64. The lowest BCUT2D eigenvalue weighted by Gasteiger charge is -2.24. The van der Waals surface area contributed by atoms with E-state index < -0.39 is 22.6 Å². The van der Waals surface area contributed by atoms with Gasteiger partial charge in [0.1, 0.15) is 11.4 Å². The minimum absolute atomic E-state index is 0.0976. The summed E-state index contributed by atoms with van der Waals surface area (Å²) >= 11 is 0. The Morgan fingerprint density at radius 3 is 2.38 bits per heavy atom. The average molecular weight is 291 g/mol. The first-order valence-electron chi connectivity index (χ1n) is 6.62. The first kappa shape index (κ1) is 15.2. The lowest BCUT2D eigenvalue weighted by Crippen LogP contribution is -2.22. The molecule has 0 radical (unpaired) electrons. The lowest BCUT2D eigenvalue weighted by atomic mass is 9.82. The first-order valence-corrected chi connectivity index (χ1v) is 6.62. The maximum atomic E-state index is 14.4. The first-order chi connectivity index (χ1) is 9.55. The SMILES string of the molecule is Cc1c(C(C)(C)C)c(F)cc2c(=O)c(C(=O)O)cn(C)c12. The summed E-state index contributed by atoms with van der Waals surface area (Å²) in [6, 6.07) is 1.15. The predicted molar refractivity (Wildman–Crippen MR) is 79.5 cm³/mol. The second-order valence-electron chi connectivity index (χ2n) is 6.29. The van der Waals surface area contributed by atoms with Crippen molar-refractivity contribution in [1.82, 2.24) is 4.57 Å². The molecule has 0 saturated carbocycles. The number of fused-ring (bicyclic) bond motifs is 1. The monoisotopic (exact) mass is 291 g/mol. The molecule has 0 amide bonds. The average Bonchev–Trinajstić information content (AvgIpc) is 2.30. The van der Waals surface area contributed by atoms with Crippen molar-refractivity contribution in [2.45, 2.75) is 33.1 Å². The molecule has 0 spiro atoms. The summed E-state index contributed by atoms with van der Waals surface area (Å²) in [6.07, 6.45) is 1.28. The Bertz CT molecular complexity index is 813. The number of aryl methyl sites for hydroxylation is 2. The number of nitrogens with zero attached hydrogens (tertiary/aromatic N) is 1. The molecule has 0 saturated heterocycles. The van der Waals surface area contributed by atoms with Gasteiger partial charge in [-0.3, -0.25) is 4.79 Å². The van der Waals surface area contributed by atoms with Gasteiger partial charge in [-0.15, -0.1) is 0 Å². The fraction of sp³-hybridized carbons (Fsp3) is 0.375. The molecule has 0 unspecified atom stereocenters. The maximum Gasteiger partial charge on any atom is 0.341 e. The zero-order valence-corrected chi connectivity index (χ0v) is 12.7. The van der Waals surface area contributed by atoms with E-state index in [1.54, 1.807) is 18.5 Å². The number of hydrogen-bond acceptors (Lipinski definition) is 2. The molecule has 0 bridgehead atoms. The molecule has 21 heavy (non-hydrogen) atoms. The number of halogens is 1. The van der Waals surface area contributed by atoms with Crippen molar-refractivity contribution in [1.29, 1.82) is 0 Å². The lowest BCUT2D eigenvalue weighted by molar-refractivity contribution is 0.0695. The highest BCUT2D eigenvalue weighted by atomic mass is 19.1. The van der Waals surface area contributed by atoms with Crippen LogP contribution in [0.4, 0.5) is 4.39 Å². The maximum absolute atomic E-state index is 14.4. The van der Waals surface area contributed by atoms with E-state index >= 15 is 0 Å². The van der Waals surface area contributed by atoms with Crippen LogP contribution in [0, 0.1) is 12.7 Å². The Balaban J connectivity index is 3.05. The summed E-state index contributed by atoms with van der Waals surface area (Å²) in [5, 5.41) is 9.16. The van der Waals surface area contributed by atoms with Crippen molar-refractivity contribution in [3.8, 4) is 0 Å². The smallest absolute Gasteiger partial charge is 0.341 e. The van der Waals surface area contributed by atoms with E-state index in [1.165, 1.54) is 6.20 Å². The van der Waals surface area contributed by atoms with Crippen LogP contribution in [0.2, 0.25) is 0 Å². The van der Waals surface area contributed by atoms with Crippen LogP contribution in [0.3, 0.4) is 0 Å². The summed E-state index contributed by atoms with van der Waals surface area (Å²) in [5.74, 6) is -1.79. The largest absolute Gasteiger partial charge is 0.477 e. The van der Waals surface area contributed by atoms with Gasteiger partial charge in [0.25, 0.3) is 0 Å². The standard InChI is InChI=1S/C16H18FNO3/c1-8-12(16(2,3)4)11(17)6-9-13(8)18(5)7-10(14(9)19)15(20)21/h6-7H,1-5H3,(H,20,21). The van der Waals surface area contributed by atoms with E-state index in [0.717, 1.165) is 6.07 Å². The number of carbonyl (C=O) groups is 1. The Morgan fingerprint density at radius 1 is 1.33 bits per heavy atom. The molecule has 1 aromatic carbocycles. The molecule has 1 aromatic heterocycles. The van der Waals surface area contributed by atoms with Crippen LogP contribution in [-0.2, 0) is 12.5 Å². The second-order valence-corrected chi connectivity index (χ2v) is 6.29. The minimum atomic E-state index is -1.31. The Kier molecular flexibility index (Phi) is 3.40. The van der Waals surface area contributed by atoms with Crippen LogP contribution < -0.4 is 5.43 Å². The van der Waals surface area contributed by atoms with Crippen LogP contribution in [0.1, 0.15) is 42.3 Å². The Hall–Kier alpha value is -2.17. The van der Waals surface area contributed by atoms with Gasteiger partial charge >= 0.3 is 5.97 Å². The van der Waals surface area contributed by atoms with Crippen LogP contribution in [0.5, 0.6) is 0 Å². The third-order valence-corrected chi connectivity index (χ3v) is 3.64. The number of benzene rings is 1. The van der Waals surface area contributed by atoms with Crippen LogP contribution >= 0.6 is 0 Å². The zero-order valence-electron chi connectivity index (χ0n) is 12.7. The summed E-state index contributed by atoms with van der Waals surface area (Å²) in [5.41, 5.74) is 0.341. The summed E-state index contributed by atoms with van der Waals surface area (Å²) in [4.78, 5) is 23.3. The molecule has 0 aliphatic carbocycles. The van der Waals surface area contributed by atoms with Gasteiger partial charge in [0.15, 0.2) is 0 Å². The van der Waals surface area contributed by atoms with Gasteiger partial charge in [-0.2, -0.15) is 0 Å². The van der Waals surface area contributed by atoms with Crippen LogP contribution in [0.15, 0.2) is 17.1 Å². The van der Waals surface area contributed by atoms with Gasteiger partial charge in [0.2, 0.25) is 5.43 Å². The van der Waals surface area contributed by atoms with Crippen LogP contribution in [0.25, 0.3) is 10.9 Å². The van der Waals surface area contributed by atoms with Gasteiger partial charge < -0.3 is 9.67 Å². The van der Waals surface area contributed by atoms with Gasteiger partial charge in [-0.05, 0) is 29.5 Å². The Morgan fingerprint density at radius 2 is 1.90 bits per heavy atom. The molecule has 1 N–H and O–H groups in total. The molecule has 2 rings (SSSR count). The minimum Gasteiger partial charge on any atom is -0.477 e. The number of pyridine rings is 1. The fourth-order valence-electron chi connectivity index (χ4n) is 2.93. The van der Waals surface area contributed by atoms with E-state index in [-0.39, 0.29) is 10.9 Å². The van der Waals surface area contributed by atoms with E-state index in [4.69, 9.17) is 5.11 Å². The van der Waals surface area contributed by atoms with Gasteiger partial charge in [0.05, 0.1) is 5.52 Å². The van der Waals surface area contributed by atoms with Gasteiger partial charge in [-0.1, -0.05) is 20.8 Å². The van der Waals surface area contributed by atoms with Gasteiger partial charge in [-0.25, -0.2) is 9.18 Å². The van der Waals surface area contributed by atoms with Crippen molar-refractivity contribution in [3.63, 3.8) is 0 Å². The highest BCUT2D eigenvalue weighted by Gasteiger charge is 2.25. The predicted octanol–water partition coefficient (Wildman–Crippen LogP) is 2.98. The number of aromatic nitrogens is 1. The molecule has 0 aliphatic heterocycles. The summed E-state index contributed by atoms with van der Waals surface area (Å²) in [7, 11) is 1.66. The molecular weight excluding hydrogens is 273 g/mol. The zero-order chi connectivity index (χ0) is 16.1. The number of carboxylic acid groups (broad SMARTS) is 1. The van der Waals surface area contributed by atoms with Gasteiger partial charge in [0, 0.05) is 18.6 Å². The summed E-state index contributed by atoms with van der Waals surface area (Å²) in [6.45, 7) is 7.45. The van der Waals surface area contributed by atoms with Crippen molar-refractivity contribution in [2.75, 3.05) is 0 Å². The molecule has 0 fully saturated rings. The van der Waals surface area contributed by atoms with E-state index in [9.17, 15) is 14.0 Å². The van der Waals surface area contributed by atoms with Crippen molar-refractivity contribution in [2.24, 2.45) is 7.05 Å². The van der Waals surface area contributed by atoms with E-state index in [2.05, 4.69) is 0 Å². The molecule has 112 valence electrons. The van der Waals surface area contributed by atoms with E-state index in [0.29, 0.717) is 16.6 Å². The molecule has 0 atom stereocenters. The number of aromatic carboxylic acids is 1. The quantitative estimate of drug-likeness (QED) is 0.878. The third kappa shape index (κ3) is 2.33. The molecular formula is C16H18FNO3. The molecule has 4 nitrogen and oxygen atoms in total. The van der Waals surface area contributed by atoms with E-state index in [1.807, 2.05) is 20.8 Å². The molecule has 1 heterocycles. The normalized spacial score (nSPS) is 11.9. The molecule has 2 aromatic rings.